The number of rotatable bonds is 2. The molecule has 0 radical (unpaired) electrons. The van der Waals surface area contributed by atoms with Crippen LogP contribution in [0.1, 0.15) is 6.42 Å². The maximum atomic E-state index is 11.6. The monoisotopic (exact) mass is 253 g/mol. The number of ether oxygens (including phenoxy) is 1. The van der Waals surface area contributed by atoms with Crippen LogP contribution in [0.15, 0.2) is 21.9 Å². The van der Waals surface area contributed by atoms with Crippen LogP contribution in [0.2, 0.25) is 0 Å². The van der Waals surface area contributed by atoms with Crippen LogP contribution >= 0.6 is 0 Å². The van der Waals surface area contributed by atoms with E-state index in [2.05, 4.69) is 0 Å². The van der Waals surface area contributed by atoms with Crippen LogP contribution in [0.5, 0.6) is 0 Å². The van der Waals surface area contributed by atoms with Gasteiger partial charge >= 0.3 is 5.69 Å². The molecule has 8 heteroatoms. The topological polar surface area (TPSA) is 128 Å². The smallest absolute Gasteiger partial charge is 0.331 e. The Morgan fingerprint density at radius 2 is 2.39 bits per heavy atom. The van der Waals surface area contributed by atoms with Crippen LogP contribution in [0.25, 0.3) is 0 Å². The van der Waals surface area contributed by atoms with Gasteiger partial charge in [0.2, 0.25) is 5.72 Å². The molecule has 1 aromatic rings. The van der Waals surface area contributed by atoms with Gasteiger partial charge in [0.1, 0.15) is 12.2 Å². The van der Waals surface area contributed by atoms with Gasteiger partial charge in [-0.3, -0.25) is 14.3 Å². The van der Waals surface area contributed by atoms with Gasteiger partial charge in [0.05, 0.1) is 12.7 Å². The van der Waals surface area contributed by atoms with Gasteiger partial charge in [-0.25, -0.2) is 4.79 Å². The number of aliphatic hydroxyl groups is 2. The van der Waals surface area contributed by atoms with Crippen LogP contribution < -0.4 is 11.2 Å². The van der Waals surface area contributed by atoms with Crippen molar-refractivity contribution in [3.05, 3.63) is 33.1 Å². The number of nitriles is 1. The normalized spacial score (nSPS) is 31.2. The van der Waals surface area contributed by atoms with E-state index < -0.39 is 35.8 Å². The summed E-state index contributed by atoms with van der Waals surface area (Å²) in [6, 6.07) is 2.87. The lowest BCUT2D eigenvalue weighted by atomic mass is 10.1. The summed E-state index contributed by atoms with van der Waals surface area (Å²) in [7, 11) is 0. The fourth-order valence-corrected chi connectivity index (χ4v) is 1.93. The molecule has 0 unspecified atom stereocenters. The summed E-state index contributed by atoms with van der Waals surface area (Å²) < 4.78 is 6.14. The third kappa shape index (κ3) is 1.84. The average molecular weight is 253 g/mol. The minimum atomic E-state index is -1.71. The quantitative estimate of drug-likeness (QED) is 0.551. The predicted molar refractivity (Wildman–Crippen MR) is 57.5 cm³/mol. The summed E-state index contributed by atoms with van der Waals surface area (Å²) in [5.41, 5.74) is -3.12. The van der Waals surface area contributed by atoms with Gasteiger partial charge < -0.3 is 14.9 Å². The van der Waals surface area contributed by atoms with Gasteiger partial charge in [-0.1, -0.05) is 0 Å². The highest BCUT2D eigenvalue weighted by molar-refractivity contribution is 5.07. The molecule has 0 aromatic carbocycles. The fourth-order valence-electron chi connectivity index (χ4n) is 1.93. The van der Waals surface area contributed by atoms with Crippen molar-refractivity contribution < 1.29 is 14.9 Å². The Morgan fingerprint density at radius 3 is 2.89 bits per heavy atom. The molecule has 0 spiro atoms. The molecule has 1 aliphatic heterocycles. The molecule has 1 saturated heterocycles. The van der Waals surface area contributed by atoms with Crippen LogP contribution in [0, 0.1) is 11.3 Å². The first-order valence-electron chi connectivity index (χ1n) is 5.23. The minimum absolute atomic E-state index is 0.166. The zero-order valence-electron chi connectivity index (χ0n) is 9.24. The summed E-state index contributed by atoms with van der Waals surface area (Å²) in [4.78, 5) is 24.6. The van der Waals surface area contributed by atoms with E-state index in [1.807, 2.05) is 4.98 Å². The third-order valence-corrected chi connectivity index (χ3v) is 2.83. The number of aliphatic hydroxyl groups excluding tert-OH is 2. The molecule has 0 saturated carbocycles. The Labute approximate surface area is 101 Å². The van der Waals surface area contributed by atoms with Gasteiger partial charge in [-0.05, 0) is 0 Å². The van der Waals surface area contributed by atoms with Crippen molar-refractivity contribution in [3.8, 4) is 6.07 Å². The maximum Gasteiger partial charge on any atom is 0.331 e. The third-order valence-electron chi connectivity index (χ3n) is 2.83. The van der Waals surface area contributed by atoms with E-state index in [-0.39, 0.29) is 6.42 Å². The Hall–Kier alpha value is -1.95. The SMILES string of the molecule is N#C[C@]1(n2ccc(=O)[nH]c2=O)C[C@H](O)[C@@H](CO)O1. The highest BCUT2D eigenvalue weighted by Crippen LogP contribution is 2.33. The lowest BCUT2D eigenvalue weighted by Crippen LogP contribution is -2.43. The second-order valence-electron chi connectivity index (χ2n) is 3.99. The number of hydrogen-bond donors (Lipinski definition) is 3. The Kier molecular flexibility index (Phi) is 3.04. The Bertz CT molecular complexity index is 601. The molecule has 18 heavy (non-hydrogen) atoms. The zero-order valence-corrected chi connectivity index (χ0v) is 9.24. The Balaban J connectivity index is 2.50. The number of H-pyrrole nitrogens is 1. The van der Waals surface area contributed by atoms with Gasteiger partial charge in [-0.2, -0.15) is 5.26 Å². The summed E-state index contributed by atoms with van der Waals surface area (Å²) in [6.07, 6.45) is -1.05. The first-order chi connectivity index (χ1) is 8.52. The van der Waals surface area contributed by atoms with Gasteiger partial charge in [-0.15, -0.1) is 0 Å². The molecule has 2 rings (SSSR count). The van der Waals surface area contributed by atoms with E-state index in [0.29, 0.717) is 0 Å². The lowest BCUT2D eigenvalue weighted by molar-refractivity contribution is -0.0847. The van der Waals surface area contributed by atoms with E-state index in [4.69, 9.17) is 9.84 Å². The summed E-state index contributed by atoms with van der Waals surface area (Å²) in [5.74, 6) is 0. The molecule has 2 heterocycles. The largest absolute Gasteiger partial charge is 0.394 e. The summed E-state index contributed by atoms with van der Waals surface area (Å²) >= 11 is 0. The maximum absolute atomic E-state index is 11.6. The highest BCUT2D eigenvalue weighted by atomic mass is 16.6. The number of hydrogen-bond acceptors (Lipinski definition) is 6. The zero-order chi connectivity index (χ0) is 13.3. The van der Waals surface area contributed by atoms with Crippen molar-refractivity contribution in [1.82, 2.24) is 9.55 Å². The first-order valence-corrected chi connectivity index (χ1v) is 5.23. The van der Waals surface area contributed by atoms with Crippen LogP contribution in [-0.2, 0) is 10.5 Å². The van der Waals surface area contributed by atoms with Crippen molar-refractivity contribution in [1.29, 1.82) is 5.26 Å². The second kappa shape index (κ2) is 4.38. The molecule has 0 amide bonds. The molecular formula is C10H11N3O5. The van der Waals surface area contributed by atoms with Crippen molar-refractivity contribution in [3.63, 3.8) is 0 Å². The van der Waals surface area contributed by atoms with Gasteiger partial charge in [0, 0.05) is 18.7 Å². The van der Waals surface area contributed by atoms with Crippen LogP contribution in [0.3, 0.4) is 0 Å². The molecule has 0 aliphatic carbocycles. The van der Waals surface area contributed by atoms with Crippen LogP contribution in [0.4, 0.5) is 0 Å². The number of nitrogens with one attached hydrogen (secondary N) is 1. The molecule has 1 aliphatic rings. The molecule has 1 aromatic heterocycles. The van der Waals surface area contributed by atoms with Crippen LogP contribution in [-0.4, -0.2) is 38.6 Å². The molecule has 3 N–H and O–H groups in total. The Morgan fingerprint density at radius 1 is 1.67 bits per heavy atom. The molecule has 96 valence electrons. The minimum Gasteiger partial charge on any atom is -0.394 e. The van der Waals surface area contributed by atoms with E-state index in [0.717, 1.165) is 16.8 Å². The van der Waals surface area contributed by atoms with E-state index in [1.54, 1.807) is 6.07 Å². The molecule has 0 bridgehead atoms. The standard InChI is InChI=1S/C10H11N3O5/c11-5-10(3-6(15)7(4-14)18-10)13-2-1-8(16)12-9(13)17/h1-2,6-7,14-15H,3-4H2,(H,12,16,17)/t6-,7+,10-/m0/s1. The number of aromatic amines is 1. The highest BCUT2D eigenvalue weighted by Gasteiger charge is 2.48. The van der Waals surface area contributed by atoms with Gasteiger partial charge in [0.25, 0.3) is 5.56 Å². The van der Waals surface area contributed by atoms with Crippen molar-refractivity contribution in [2.45, 2.75) is 24.4 Å². The van der Waals surface area contributed by atoms with E-state index in [1.165, 1.54) is 0 Å². The van der Waals surface area contributed by atoms with Crippen molar-refractivity contribution >= 4 is 0 Å². The van der Waals surface area contributed by atoms with E-state index >= 15 is 0 Å². The van der Waals surface area contributed by atoms with Gasteiger partial charge in [0.15, 0.2) is 0 Å². The molecule has 8 nitrogen and oxygen atoms in total. The summed E-state index contributed by atoms with van der Waals surface area (Å²) in [5, 5.41) is 27.8. The van der Waals surface area contributed by atoms with Crippen molar-refractivity contribution in [2.75, 3.05) is 6.61 Å². The predicted octanol–water partition coefficient (Wildman–Crippen LogP) is -2.14. The number of aromatic nitrogens is 2. The van der Waals surface area contributed by atoms with E-state index in [9.17, 15) is 20.0 Å². The molecule has 1 fully saturated rings. The second-order valence-corrected chi connectivity index (χ2v) is 3.99. The lowest BCUT2D eigenvalue weighted by Gasteiger charge is -2.22. The number of nitrogens with zero attached hydrogens (tertiary/aromatic N) is 2. The first kappa shape index (κ1) is 12.5. The fraction of sp³-hybridized carbons (Fsp3) is 0.500. The summed E-state index contributed by atoms with van der Waals surface area (Å²) in [6.45, 7) is -0.470. The molecular weight excluding hydrogens is 242 g/mol. The molecule has 3 atom stereocenters. The average Bonchev–Trinajstić information content (AvgIpc) is 2.67. The van der Waals surface area contributed by atoms with Crippen molar-refractivity contribution in [2.24, 2.45) is 0 Å².